The lowest BCUT2D eigenvalue weighted by atomic mass is 10.2. The number of hydrogen-bond acceptors (Lipinski definition) is 5. The molecule has 4 N–H and O–H groups in total. The van der Waals surface area contributed by atoms with E-state index in [-0.39, 0.29) is 0 Å². The van der Waals surface area contributed by atoms with Gasteiger partial charge in [0, 0.05) is 0 Å². The molecular formula is C11H12N6O2. The minimum absolute atomic E-state index is 0.385. The molecule has 8 heteroatoms. The molecule has 98 valence electrons. The van der Waals surface area contributed by atoms with Crippen LogP contribution in [0.1, 0.15) is 5.56 Å². The number of carbonyl (C=O) groups is 2. The first kappa shape index (κ1) is 12.6. The van der Waals surface area contributed by atoms with Gasteiger partial charge in [0.25, 0.3) is 0 Å². The van der Waals surface area contributed by atoms with E-state index in [1.165, 1.54) is 17.3 Å². The number of nitrogens with zero attached hydrogens (tertiary/aromatic N) is 3. The van der Waals surface area contributed by atoms with Crippen LogP contribution in [-0.4, -0.2) is 26.7 Å². The van der Waals surface area contributed by atoms with Crippen LogP contribution in [0.15, 0.2) is 30.9 Å². The summed E-state index contributed by atoms with van der Waals surface area (Å²) in [6.07, 6.45) is 2.51. The van der Waals surface area contributed by atoms with Crippen molar-refractivity contribution in [2.24, 2.45) is 0 Å². The summed E-state index contributed by atoms with van der Waals surface area (Å²) in [4.78, 5) is 23.2. The number of aryl methyl sites for hydroxylation is 1. The molecule has 0 aliphatic heterocycles. The Hall–Kier alpha value is -2.90. The third-order valence-electron chi connectivity index (χ3n) is 2.31. The smallest absolute Gasteiger partial charge is 0.328 e. The zero-order valence-corrected chi connectivity index (χ0v) is 10.1. The van der Waals surface area contributed by atoms with Crippen LogP contribution >= 0.6 is 0 Å². The number of anilines is 2. The Morgan fingerprint density at radius 1 is 1.21 bits per heavy atom. The predicted octanol–water partition coefficient (Wildman–Crippen LogP) is -0.122. The van der Waals surface area contributed by atoms with Crippen LogP contribution in [0.25, 0.3) is 0 Å². The van der Waals surface area contributed by atoms with Crippen molar-refractivity contribution in [1.82, 2.24) is 14.9 Å². The average molecular weight is 260 g/mol. The fraction of sp³-hybridized carbons (Fsp3) is 0.0909. The highest BCUT2D eigenvalue weighted by Gasteiger charge is 2.15. The molecule has 2 rings (SSSR count). The van der Waals surface area contributed by atoms with Gasteiger partial charge >= 0.3 is 11.8 Å². The summed E-state index contributed by atoms with van der Waals surface area (Å²) in [5, 5.41) is 9.41. The maximum atomic E-state index is 11.7. The molecule has 0 spiro atoms. The lowest BCUT2D eigenvalue weighted by Crippen LogP contribution is -2.33. The topological polar surface area (TPSA) is 115 Å². The molecule has 2 aromatic rings. The lowest BCUT2D eigenvalue weighted by molar-refractivity contribution is -0.133. The SMILES string of the molecule is Cc1ccc(N)c(NC(=O)C(=O)Nn2cnnc2)c1. The third-order valence-corrected chi connectivity index (χ3v) is 2.31. The van der Waals surface area contributed by atoms with Gasteiger partial charge in [0.2, 0.25) is 0 Å². The summed E-state index contributed by atoms with van der Waals surface area (Å²) < 4.78 is 1.17. The number of amides is 2. The van der Waals surface area contributed by atoms with Crippen molar-refractivity contribution in [3.8, 4) is 0 Å². The summed E-state index contributed by atoms with van der Waals surface area (Å²) >= 11 is 0. The standard InChI is InChI=1S/C11H12N6O2/c1-7-2-3-8(12)9(4-7)15-10(18)11(19)16-17-5-13-14-6-17/h2-6H,12H2,1H3,(H,15,18)(H,16,19). The van der Waals surface area contributed by atoms with Gasteiger partial charge in [-0.05, 0) is 24.6 Å². The normalized spacial score (nSPS) is 9.95. The van der Waals surface area contributed by atoms with Gasteiger partial charge in [-0.3, -0.25) is 15.0 Å². The quantitative estimate of drug-likeness (QED) is 0.514. The second kappa shape index (κ2) is 5.17. The van der Waals surface area contributed by atoms with Crippen LogP contribution in [0.2, 0.25) is 0 Å². The largest absolute Gasteiger partial charge is 0.397 e. The van der Waals surface area contributed by atoms with E-state index < -0.39 is 11.8 Å². The molecule has 0 bridgehead atoms. The summed E-state index contributed by atoms with van der Waals surface area (Å²) in [6.45, 7) is 1.85. The molecule has 0 radical (unpaired) electrons. The van der Waals surface area contributed by atoms with E-state index in [9.17, 15) is 9.59 Å². The first-order chi connectivity index (χ1) is 9.06. The minimum atomic E-state index is -0.847. The molecule has 0 aliphatic rings. The number of benzene rings is 1. The van der Waals surface area contributed by atoms with Crippen molar-refractivity contribution in [2.75, 3.05) is 16.5 Å². The van der Waals surface area contributed by atoms with Crippen LogP contribution in [-0.2, 0) is 9.59 Å². The Labute approximate surface area is 108 Å². The molecule has 19 heavy (non-hydrogen) atoms. The van der Waals surface area contributed by atoms with Gasteiger partial charge < -0.3 is 11.1 Å². The highest BCUT2D eigenvalue weighted by molar-refractivity contribution is 6.42. The van der Waals surface area contributed by atoms with E-state index >= 15 is 0 Å². The number of aromatic nitrogens is 3. The molecule has 0 fully saturated rings. The van der Waals surface area contributed by atoms with Crippen LogP contribution in [0.4, 0.5) is 11.4 Å². The van der Waals surface area contributed by atoms with Crippen molar-refractivity contribution in [1.29, 1.82) is 0 Å². The first-order valence-corrected chi connectivity index (χ1v) is 5.39. The van der Waals surface area contributed by atoms with Gasteiger partial charge in [-0.1, -0.05) is 6.07 Å². The molecule has 0 unspecified atom stereocenters. The van der Waals surface area contributed by atoms with Gasteiger partial charge in [-0.2, -0.15) is 0 Å². The van der Waals surface area contributed by atoms with Gasteiger partial charge in [0.15, 0.2) is 0 Å². The fourth-order valence-corrected chi connectivity index (χ4v) is 1.38. The number of hydrogen-bond donors (Lipinski definition) is 3. The molecule has 1 heterocycles. The molecule has 0 aliphatic carbocycles. The number of nitrogen functional groups attached to an aromatic ring is 1. The molecule has 0 atom stereocenters. The van der Waals surface area contributed by atoms with Crippen molar-refractivity contribution >= 4 is 23.2 Å². The monoisotopic (exact) mass is 260 g/mol. The maximum absolute atomic E-state index is 11.7. The van der Waals surface area contributed by atoms with Crippen molar-refractivity contribution in [3.63, 3.8) is 0 Å². The van der Waals surface area contributed by atoms with Gasteiger partial charge in [0.05, 0.1) is 11.4 Å². The second-order valence-electron chi connectivity index (χ2n) is 3.85. The van der Waals surface area contributed by atoms with Gasteiger partial charge in [-0.25, -0.2) is 4.68 Å². The zero-order valence-electron chi connectivity index (χ0n) is 10.1. The highest BCUT2D eigenvalue weighted by atomic mass is 16.2. The summed E-state index contributed by atoms with van der Waals surface area (Å²) in [5.41, 5.74) is 9.68. The molecule has 1 aromatic heterocycles. The number of nitrogens with two attached hydrogens (primary N) is 1. The Morgan fingerprint density at radius 3 is 2.58 bits per heavy atom. The first-order valence-electron chi connectivity index (χ1n) is 5.39. The number of rotatable bonds is 2. The predicted molar refractivity (Wildman–Crippen MR) is 68.6 cm³/mol. The zero-order chi connectivity index (χ0) is 13.8. The fourth-order valence-electron chi connectivity index (χ4n) is 1.38. The Kier molecular flexibility index (Phi) is 3.42. The van der Waals surface area contributed by atoms with Crippen molar-refractivity contribution < 1.29 is 9.59 Å². The molecule has 0 saturated heterocycles. The lowest BCUT2D eigenvalue weighted by Gasteiger charge is -2.09. The number of carbonyl (C=O) groups excluding carboxylic acids is 2. The van der Waals surface area contributed by atoms with Crippen LogP contribution < -0.4 is 16.5 Å². The van der Waals surface area contributed by atoms with E-state index in [1.807, 2.05) is 13.0 Å². The summed E-state index contributed by atoms with van der Waals surface area (Å²) in [6, 6.07) is 5.14. The van der Waals surface area contributed by atoms with E-state index in [0.717, 1.165) is 5.56 Å². The van der Waals surface area contributed by atoms with Crippen LogP contribution in [0.3, 0.4) is 0 Å². The van der Waals surface area contributed by atoms with E-state index in [0.29, 0.717) is 11.4 Å². The van der Waals surface area contributed by atoms with Crippen LogP contribution in [0.5, 0.6) is 0 Å². The maximum Gasteiger partial charge on any atom is 0.328 e. The highest BCUT2D eigenvalue weighted by Crippen LogP contribution is 2.19. The summed E-state index contributed by atoms with van der Waals surface area (Å²) in [7, 11) is 0. The molecular weight excluding hydrogens is 248 g/mol. The second-order valence-corrected chi connectivity index (χ2v) is 3.85. The number of nitrogens with one attached hydrogen (secondary N) is 2. The molecule has 1 aromatic carbocycles. The Balaban J connectivity index is 2.04. The minimum Gasteiger partial charge on any atom is -0.397 e. The molecule has 2 amide bonds. The van der Waals surface area contributed by atoms with Crippen molar-refractivity contribution in [3.05, 3.63) is 36.4 Å². The van der Waals surface area contributed by atoms with Gasteiger partial charge in [-0.15, -0.1) is 10.2 Å². The van der Waals surface area contributed by atoms with E-state index in [1.54, 1.807) is 12.1 Å². The Bertz CT molecular complexity index is 608. The van der Waals surface area contributed by atoms with Gasteiger partial charge in [0.1, 0.15) is 12.7 Å². The van der Waals surface area contributed by atoms with E-state index in [2.05, 4.69) is 20.9 Å². The average Bonchev–Trinajstić information content (AvgIpc) is 2.86. The molecule has 8 nitrogen and oxygen atoms in total. The summed E-state index contributed by atoms with van der Waals surface area (Å²) in [5.74, 6) is -1.67. The van der Waals surface area contributed by atoms with Crippen LogP contribution in [0, 0.1) is 6.92 Å². The molecule has 0 saturated carbocycles. The Morgan fingerprint density at radius 2 is 1.89 bits per heavy atom. The van der Waals surface area contributed by atoms with E-state index in [4.69, 9.17) is 5.73 Å². The van der Waals surface area contributed by atoms with Crippen molar-refractivity contribution in [2.45, 2.75) is 6.92 Å². The third kappa shape index (κ3) is 3.06.